The normalized spacial score (nSPS) is 11.3. The number of anilines is 1. The number of thioether (sulfide) groups is 1. The molecule has 0 radical (unpaired) electrons. The van der Waals surface area contributed by atoms with E-state index in [-0.39, 0.29) is 0 Å². The zero-order valence-electron chi connectivity index (χ0n) is 14.5. The number of aromatic nitrogens is 5. The number of rotatable bonds is 8. The molecule has 0 atom stereocenters. The monoisotopic (exact) mass is 358 g/mol. The predicted molar refractivity (Wildman–Crippen MR) is 99.4 cm³/mol. The van der Waals surface area contributed by atoms with E-state index in [0.717, 1.165) is 46.3 Å². The van der Waals surface area contributed by atoms with Gasteiger partial charge in [-0.3, -0.25) is 0 Å². The largest absolute Gasteiger partial charge is 0.382 e. The number of hydrogen-bond donors (Lipinski definition) is 1. The molecule has 0 spiro atoms. The van der Waals surface area contributed by atoms with E-state index in [1.54, 1.807) is 30.4 Å². The van der Waals surface area contributed by atoms with Crippen molar-refractivity contribution in [2.75, 3.05) is 18.1 Å². The molecule has 0 fully saturated rings. The molecular weight excluding hydrogens is 336 g/mol. The number of nitrogens with zero attached hydrogens (tertiary/aromatic N) is 5. The number of fused-ring (bicyclic) bond motifs is 1. The highest BCUT2D eigenvalue weighted by molar-refractivity contribution is 7.99. The van der Waals surface area contributed by atoms with Gasteiger partial charge in [-0.15, -0.1) is 0 Å². The van der Waals surface area contributed by atoms with Crippen molar-refractivity contribution in [3.05, 3.63) is 36.0 Å². The Morgan fingerprint density at radius 2 is 2.04 bits per heavy atom. The van der Waals surface area contributed by atoms with Crippen molar-refractivity contribution in [2.24, 2.45) is 0 Å². The maximum absolute atomic E-state index is 6.02. The lowest BCUT2D eigenvalue weighted by Gasteiger charge is -2.10. The number of pyridine rings is 1. The van der Waals surface area contributed by atoms with Gasteiger partial charge in [-0.25, -0.2) is 19.9 Å². The molecule has 7 nitrogen and oxygen atoms in total. The Morgan fingerprint density at radius 1 is 1.24 bits per heavy atom. The Balaban J connectivity index is 1.77. The summed E-state index contributed by atoms with van der Waals surface area (Å²) in [6, 6.07) is 1.82. The van der Waals surface area contributed by atoms with E-state index in [0.29, 0.717) is 19.0 Å². The van der Waals surface area contributed by atoms with Crippen LogP contribution in [-0.4, -0.2) is 36.9 Å². The topological polar surface area (TPSA) is 91.7 Å². The first-order valence-corrected chi connectivity index (χ1v) is 9.27. The van der Waals surface area contributed by atoms with E-state index in [1.165, 1.54) is 0 Å². The molecule has 0 aliphatic rings. The van der Waals surface area contributed by atoms with Gasteiger partial charge in [0.25, 0.3) is 0 Å². The average molecular weight is 358 g/mol. The van der Waals surface area contributed by atoms with Gasteiger partial charge in [-0.2, -0.15) is 0 Å². The fourth-order valence-corrected chi connectivity index (χ4v) is 3.38. The Morgan fingerprint density at radius 3 is 2.80 bits per heavy atom. The second kappa shape index (κ2) is 8.26. The van der Waals surface area contributed by atoms with E-state index >= 15 is 0 Å². The van der Waals surface area contributed by atoms with Crippen molar-refractivity contribution < 1.29 is 4.74 Å². The molecular formula is C17H22N6OS. The lowest BCUT2D eigenvalue weighted by atomic mass is 10.2. The quantitative estimate of drug-likeness (QED) is 0.376. The second-order valence-electron chi connectivity index (χ2n) is 5.57. The summed E-state index contributed by atoms with van der Waals surface area (Å²) in [5, 5.41) is 0.803. The third-order valence-electron chi connectivity index (χ3n) is 3.79. The van der Waals surface area contributed by atoms with Crippen LogP contribution in [0.3, 0.4) is 0 Å². The SMILES string of the molecule is CCOCc1nc2c(N)ncc(C)c2n1CCCSc1ncccn1. The zero-order valence-corrected chi connectivity index (χ0v) is 15.3. The van der Waals surface area contributed by atoms with Crippen molar-refractivity contribution >= 4 is 28.6 Å². The van der Waals surface area contributed by atoms with Crippen molar-refractivity contribution in [1.29, 1.82) is 0 Å². The van der Waals surface area contributed by atoms with Gasteiger partial charge in [-0.05, 0) is 31.9 Å². The van der Waals surface area contributed by atoms with Crippen LogP contribution < -0.4 is 5.73 Å². The van der Waals surface area contributed by atoms with E-state index in [1.807, 2.05) is 19.9 Å². The van der Waals surface area contributed by atoms with E-state index in [9.17, 15) is 0 Å². The summed E-state index contributed by atoms with van der Waals surface area (Å²) in [5.41, 5.74) is 8.89. The van der Waals surface area contributed by atoms with Gasteiger partial charge in [0.15, 0.2) is 11.0 Å². The highest BCUT2D eigenvalue weighted by Gasteiger charge is 2.15. The smallest absolute Gasteiger partial charge is 0.187 e. The fourth-order valence-electron chi connectivity index (χ4n) is 2.66. The maximum atomic E-state index is 6.02. The minimum absolute atomic E-state index is 0.462. The zero-order chi connectivity index (χ0) is 17.6. The van der Waals surface area contributed by atoms with Crippen LogP contribution >= 0.6 is 11.8 Å². The van der Waals surface area contributed by atoms with Crippen molar-refractivity contribution in [2.45, 2.75) is 38.6 Å². The molecule has 3 heterocycles. The minimum atomic E-state index is 0.462. The van der Waals surface area contributed by atoms with Gasteiger partial charge in [-0.1, -0.05) is 11.8 Å². The Labute approximate surface area is 151 Å². The summed E-state index contributed by atoms with van der Waals surface area (Å²) in [7, 11) is 0. The van der Waals surface area contributed by atoms with Crippen molar-refractivity contribution in [3.63, 3.8) is 0 Å². The summed E-state index contributed by atoms with van der Waals surface area (Å²) in [4.78, 5) is 17.4. The van der Waals surface area contributed by atoms with E-state index < -0.39 is 0 Å². The van der Waals surface area contributed by atoms with Gasteiger partial charge in [0.1, 0.15) is 17.9 Å². The molecule has 132 valence electrons. The molecule has 0 aliphatic heterocycles. The molecule has 8 heteroatoms. The molecule has 0 saturated heterocycles. The van der Waals surface area contributed by atoms with Crippen LogP contribution in [0.15, 0.2) is 29.8 Å². The third kappa shape index (κ3) is 4.08. The van der Waals surface area contributed by atoms with Crippen LogP contribution in [0, 0.1) is 6.92 Å². The number of aryl methyl sites for hydroxylation is 2. The Bertz CT molecular complexity index is 836. The predicted octanol–water partition coefficient (Wildman–Crippen LogP) is 2.83. The summed E-state index contributed by atoms with van der Waals surface area (Å²) >= 11 is 1.65. The van der Waals surface area contributed by atoms with Crippen molar-refractivity contribution in [1.82, 2.24) is 24.5 Å². The standard InChI is InChI=1S/C17H22N6OS/c1-3-24-11-13-22-14-15(12(2)10-21-16(14)18)23(13)8-5-9-25-17-19-6-4-7-20-17/h4,6-7,10H,3,5,8-9,11H2,1-2H3,(H2,18,21). The van der Waals surface area contributed by atoms with Crippen molar-refractivity contribution in [3.8, 4) is 0 Å². The highest BCUT2D eigenvalue weighted by Crippen LogP contribution is 2.25. The first kappa shape index (κ1) is 17.6. The van der Waals surface area contributed by atoms with Crippen LogP contribution in [-0.2, 0) is 17.9 Å². The van der Waals surface area contributed by atoms with Crippen LogP contribution in [0.1, 0.15) is 24.7 Å². The number of imidazole rings is 1. The summed E-state index contributed by atoms with van der Waals surface area (Å²) in [6.45, 7) is 5.97. The molecule has 0 aromatic carbocycles. The summed E-state index contributed by atoms with van der Waals surface area (Å²) in [6.07, 6.45) is 6.29. The van der Waals surface area contributed by atoms with Gasteiger partial charge in [0.2, 0.25) is 0 Å². The van der Waals surface area contributed by atoms with Crippen LogP contribution in [0.5, 0.6) is 0 Å². The Hall–Kier alpha value is -2.19. The number of nitrogens with two attached hydrogens (primary N) is 1. The molecule has 0 unspecified atom stereocenters. The molecule has 3 rings (SSSR count). The Kier molecular flexibility index (Phi) is 5.83. The number of hydrogen-bond acceptors (Lipinski definition) is 7. The number of nitrogen functional groups attached to an aromatic ring is 1. The first-order chi connectivity index (χ1) is 12.2. The lowest BCUT2D eigenvalue weighted by Crippen LogP contribution is -2.07. The second-order valence-corrected chi connectivity index (χ2v) is 6.64. The van der Waals surface area contributed by atoms with Gasteiger partial charge in [0, 0.05) is 37.5 Å². The molecule has 0 aliphatic carbocycles. The highest BCUT2D eigenvalue weighted by atomic mass is 32.2. The molecule has 2 N–H and O–H groups in total. The van der Waals surface area contributed by atoms with Gasteiger partial charge < -0.3 is 15.0 Å². The van der Waals surface area contributed by atoms with Crippen LogP contribution in [0.25, 0.3) is 11.0 Å². The molecule has 0 amide bonds. The first-order valence-electron chi connectivity index (χ1n) is 8.28. The molecule has 0 saturated carbocycles. The number of ether oxygens (including phenoxy) is 1. The summed E-state index contributed by atoms with van der Waals surface area (Å²) < 4.78 is 7.77. The third-order valence-corrected chi connectivity index (χ3v) is 4.76. The molecule has 25 heavy (non-hydrogen) atoms. The lowest BCUT2D eigenvalue weighted by molar-refractivity contribution is 0.126. The van der Waals surface area contributed by atoms with E-state index in [4.69, 9.17) is 10.5 Å². The average Bonchev–Trinajstić information content (AvgIpc) is 3.01. The van der Waals surface area contributed by atoms with Gasteiger partial charge in [0.05, 0.1) is 5.52 Å². The van der Waals surface area contributed by atoms with Gasteiger partial charge >= 0.3 is 0 Å². The molecule has 3 aromatic rings. The molecule has 3 aromatic heterocycles. The fraction of sp³-hybridized carbons (Fsp3) is 0.412. The van der Waals surface area contributed by atoms with Crippen LogP contribution in [0.2, 0.25) is 0 Å². The molecule has 0 bridgehead atoms. The maximum Gasteiger partial charge on any atom is 0.187 e. The summed E-state index contributed by atoms with van der Waals surface area (Å²) in [5.74, 6) is 2.28. The van der Waals surface area contributed by atoms with E-state index in [2.05, 4.69) is 24.5 Å². The van der Waals surface area contributed by atoms with Crippen LogP contribution in [0.4, 0.5) is 5.82 Å². The minimum Gasteiger partial charge on any atom is -0.382 e.